The van der Waals surface area contributed by atoms with Crippen LogP contribution in [0.25, 0.3) is 11.1 Å². The van der Waals surface area contributed by atoms with E-state index in [9.17, 15) is 9.18 Å². The van der Waals surface area contributed by atoms with Crippen LogP contribution >= 0.6 is 0 Å². The quantitative estimate of drug-likeness (QED) is 0.943. The van der Waals surface area contributed by atoms with Crippen molar-refractivity contribution in [3.8, 4) is 11.1 Å². The highest BCUT2D eigenvalue weighted by atomic mass is 19.1. The number of carboxylic acid groups (broad SMARTS) is 1. The van der Waals surface area contributed by atoms with Crippen molar-refractivity contribution in [3.05, 3.63) is 42.0 Å². The van der Waals surface area contributed by atoms with E-state index >= 15 is 0 Å². The Labute approximate surface area is 127 Å². The second-order valence-electron chi connectivity index (χ2n) is 5.48. The maximum Gasteiger partial charge on any atom is 0.338 e. The normalized spacial score (nSPS) is 15.9. The third kappa shape index (κ3) is 3.01. The molecule has 0 radical (unpaired) electrons. The van der Waals surface area contributed by atoms with Crippen LogP contribution in [0, 0.1) is 11.7 Å². The second kappa shape index (κ2) is 6.27. The Morgan fingerprint density at radius 3 is 2.91 bits per heavy atom. The summed E-state index contributed by atoms with van der Waals surface area (Å²) in [6, 6.07) is 4.36. The van der Waals surface area contributed by atoms with E-state index in [1.54, 1.807) is 23.1 Å². The fraction of sp³-hybridized carbons (Fsp3) is 0.375. The van der Waals surface area contributed by atoms with Gasteiger partial charge in [0.05, 0.1) is 11.8 Å². The molecule has 0 amide bonds. The molecule has 3 rings (SSSR count). The first-order chi connectivity index (χ1) is 10.6. The molecule has 2 aromatic rings. The Bertz CT molecular complexity index is 678. The van der Waals surface area contributed by atoms with Crippen LogP contribution in [-0.2, 0) is 11.3 Å². The Kier molecular flexibility index (Phi) is 4.20. The molecule has 1 aromatic carbocycles. The molecule has 0 saturated carbocycles. The van der Waals surface area contributed by atoms with Gasteiger partial charge in [-0.1, -0.05) is 12.1 Å². The van der Waals surface area contributed by atoms with Crippen LogP contribution in [0.2, 0.25) is 0 Å². The van der Waals surface area contributed by atoms with E-state index < -0.39 is 11.8 Å². The minimum atomic E-state index is -1.27. The Hall–Kier alpha value is -2.21. The molecule has 1 aliphatic rings. The van der Waals surface area contributed by atoms with Crippen molar-refractivity contribution in [2.24, 2.45) is 5.92 Å². The number of carboxylic acids is 1. The number of hydrogen-bond acceptors (Lipinski definition) is 3. The summed E-state index contributed by atoms with van der Waals surface area (Å²) >= 11 is 0. The van der Waals surface area contributed by atoms with Gasteiger partial charge in [-0.25, -0.2) is 9.18 Å². The van der Waals surface area contributed by atoms with Gasteiger partial charge in [0.25, 0.3) is 0 Å². The fourth-order valence-corrected chi connectivity index (χ4v) is 2.72. The van der Waals surface area contributed by atoms with Crippen LogP contribution in [0.4, 0.5) is 4.39 Å². The van der Waals surface area contributed by atoms with Crippen molar-refractivity contribution in [1.82, 2.24) is 9.78 Å². The lowest BCUT2D eigenvalue weighted by atomic mass is 10.0. The average molecular weight is 304 g/mol. The van der Waals surface area contributed by atoms with E-state index in [1.807, 2.05) is 0 Å². The number of aromatic nitrogens is 2. The van der Waals surface area contributed by atoms with Crippen molar-refractivity contribution >= 4 is 5.97 Å². The molecule has 5 nitrogen and oxygen atoms in total. The summed E-state index contributed by atoms with van der Waals surface area (Å²) in [5.74, 6) is -1.48. The van der Waals surface area contributed by atoms with Crippen LogP contribution < -0.4 is 0 Å². The van der Waals surface area contributed by atoms with Gasteiger partial charge in [-0.05, 0) is 24.8 Å². The highest BCUT2D eigenvalue weighted by molar-refractivity contribution is 5.89. The zero-order valence-corrected chi connectivity index (χ0v) is 12.0. The minimum Gasteiger partial charge on any atom is -0.478 e. The van der Waals surface area contributed by atoms with Gasteiger partial charge < -0.3 is 9.84 Å². The number of benzene rings is 1. The molecule has 0 bridgehead atoms. The van der Waals surface area contributed by atoms with Crippen LogP contribution in [-0.4, -0.2) is 34.1 Å². The summed E-state index contributed by atoms with van der Waals surface area (Å²) in [4.78, 5) is 11.0. The Morgan fingerprint density at radius 1 is 1.41 bits per heavy atom. The van der Waals surface area contributed by atoms with Gasteiger partial charge in [-0.2, -0.15) is 5.10 Å². The molecular weight excluding hydrogens is 287 g/mol. The maximum atomic E-state index is 14.2. The first-order valence-electron chi connectivity index (χ1n) is 7.27. The molecule has 0 spiro atoms. The summed E-state index contributed by atoms with van der Waals surface area (Å²) < 4.78 is 21.4. The summed E-state index contributed by atoms with van der Waals surface area (Å²) in [7, 11) is 0. The molecule has 0 atom stereocenters. The van der Waals surface area contributed by atoms with Gasteiger partial charge in [0.2, 0.25) is 0 Å². The van der Waals surface area contributed by atoms with Crippen molar-refractivity contribution in [2.75, 3.05) is 13.2 Å². The average Bonchev–Trinajstić information content (AvgIpc) is 2.96. The molecule has 22 heavy (non-hydrogen) atoms. The summed E-state index contributed by atoms with van der Waals surface area (Å²) in [6.45, 7) is 2.31. The Morgan fingerprint density at radius 2 is 2.18 bits per heavy atom. The number of aromatic carboxylic acids is 1. The lowest BCUT2D eigenvalue weighted by Gasteiger charge is -2.21. The molecule has 116 valence electrons. The summed E-state index contributed by atoms with van der Waals surface area (Å²) in [5, 5.41) is 13.2. The molecule has 1 aromatic heterocycles. The molecule has 6 heteroatoms. The SMILES string of the molecule is O=C(O)c1cccc(-c2cnn(CC3CCOCC3)c2)c1F. The van der Waals surface area contributed by atoms with Gasteiger partial charge in [0, 0.05) is 37.1 Å². The molecule has 1 fully saturated rings. The molecule has 1 saturated heterocycles. The van der Waals surface area contributed by atoms with E-state index in [1.165, 1.54) is 12.1 Å². The van der Waals surface area contributed by atoms with Gasteiger partial charge >= 0.3 is 5.97 Å². The predicted molar refractivity (Wildman–Crippen MR) is 78.1 cm³/mol. The second-order valence-corrected chi connectivity index (χ2v) is 5.48. The van der Waals surface area contributed by atoms with Gasteiger partial charge in [-0.3, -0.25) is 4.68 Å². The molecule has 2 heterocycles. The van der Waals surface area contributed by atoms with E-state index in [0.717, 1.165) is 32.6 Å². The first-order valence-corrected chi connectivity index (χ1v) is 7.27. The molecule has 0 unspecified atom stereocenters. The number of rotatable bonds is 4. The number of nitrogens with zero attached hydrogens (tertiary/aromatic N) is 2. The largest absolute Gasteiger partial charge is 0.478 e. The number of hydrogen-bond donors (Lipinski definition) is 1. The van der Waals surface area contributed by atoms with Gasteiger partial charge in [0.15, 0.2) is 0 Å². The third-order valence-electron chi connectivity index (χ3n) is 3.96. The maximum absolute atomic E-state index is 14.2. The van der Waals surface area contributed by atoms with E-state index in [-0.39, 0.29) is 11.1 Å². The summed E-state index contributed by atoms with van der Waals surface area (Å²) in [5.41, 5.74) is 0.528. The van der Waals surface area contributed by atoms with E-state index in [4.69, 9.17) is 9.84 Å². The monoisotopic (exact) mass is 304 g/mol. The fourth-order valence-electron chi connectivity index (χ4n) is 2.72. The molecular formula is C16H17FN2O3. The topological polar surface area (TPSA) is 64.3 Å². The van der Waals surface area contributed by atoms with E-state index in [2.05, 4.69) is 5.10 Å². The van der Waals surface area contributed by atoms with Crippen LogP contribution in [0.5, 0.6) is 0 Å². The van der Waals surface area contributed by atoms with Crippen LogP contribution in [0.15, 0.2) is 30.6 Å². The minimum absolute atomic E-state index is 0.262. The predicted octanol–water partition coefficient (Wildman–Crippen LogP) is 2.81. The molecule has 1 N–H and O–H groups in total. The number of carbonyl (C=O) groups is 1. The van der Waals surface area contributed by atoms with Gasteiger partial charge in [0.1, 0.15) is 5.82 Å². The molecule has 0 aliphatic carbocycles. The molecule has 1 aliphatic heterocycles. The van der Waals surface area contributed by atoms with Gasteiger partial charge in [-0.15, -0.1) is 0 Å². The highest BCUT2D eigenvalue weighted by Gasteiger charge is 2.18. The van der Waals surface area contributed by atoms with Crippen LogP contribution in [0.3, 0.4) is 0 Å². The van der Waals surface area contributed by atoms with Crippen molar-refractivity contribution in [3.63, 3.8) is 0 Å². The smallest absolute Gasteiger partial charge is 0.338 e. The number of ether oxygens (including phenoxy) is 1. The van der Waals surface area contributed by atoms with Crippen molar-refractivity contribution in [1.29, 1.82) is 0 Å². The standard InChI is InChI=1S/C16H17FN2O3/c17-15-13(2-1-3-14(15)16(20)21)12-8-18-19(10-12)9-11-4-6-22-7-5-11/h1-3,8,10-11H,4-7,9H2,(H,20,21). The third-order valence-corrected chi connectivity index (χ3v) is 3.96. The lowest BCUT2D eigenvalue weighted by Crippen LogP contribution is -2.20. The zero-order valence-electron chi connectivity index (χ0n) is 12.0. The zero-order chi connectivity index (χ0) is 15.5. The van der Waals surface area contributed by atoms with E-state index in [0.29, 0.717) is 11.5 Å². The Balaban J connectivity index is 1.81. The lowest BCUT2D eigenvalue weighted by molar-refractivity contribution is 0.0601. The summed E-state index contributed by atoms with van der Waals surface area (Å²) in [6.07, 6.45) is 5.33. The number of halogens is 1. The van der Waals surface area contributed by atoms with Crippen molar-refractivity contribution < 1.29 is 19.0 Å². The highest BCUT2D eigenvalue weighted by Crippen LogP contribution is 2.25. The van der Waals surface area contributed by atoms with Crippen molar-refractivity contribution in [2.45, 2.75) is 19.4 Å². The first kappa shape index (κ1) is 14.7. The van der Waals surface area contributed by atoms with Crippen LogP contribution in [0.1, 0.15) is 23.2 Å².